The standard InChI is InChI=1S/C15H14N2O2S/c18-14(10-5-2-1-3-6-10)16-17-15(19)13-9-11-7-4-8-12(11)20-13/h1-3,5-6,9H,4,7-8H2,(H,16,18)(H,17,19). The number of rotatable bonds is 2. The molecule has 2 amide bonds. The Morgan fingerprint density at radius 3 is 2.50 bits per heavy atom. The van der Waals surface area contributed by atoms with Gasteiger partial charge in [0.15, 0.2) is 0 Å². The van der Waals surface area contributed by atoms with Crippen molar-refractivity contribution in [3.63, 3.8) is 0 Å². The van der Waals surface area contributed by atoms with Crippen LogP contribution in [0.25, 0.3) is 0 Å². The van der Waals surface area contributed by atoms with Crippen LogP contribution in [-0.4, -0.2) is 11.8 Å². The summed E-state index contributed by atoms with van der Waals surface area (Å²) >= 11 is 1.51. The molecule has 0 fully saturated rings. The van der Waals surface area contributed by atoms with Gasteiger partial charge in [-0.15, -0.1) is 11.3 Å². The number of nitrogens with one attached hydrogen (secondary N) is 2. The molecule has 1 heterocycles. The molecule has 0 aliphatic heterocycles. The van der Waals surface area contributed by atoms with Crippen LogP contribution >= 0.6 is 11.3 Å². The highest BCUT2D eigenvalue weighted by Gasteiger charge is 2.18. The zero-order valence-corrected chi connectivity index (χ0v) is 11.6. The fourth-order valence-electron chi connectivity index (χ4n) is 2.28. The minimum Gasteiger partial charge on any atom is -0.267 e. The van der Waals surface area contributed by atoms with E-state index in [4.69, 9.17) is 0 Å². The Balaban J connectivity index is 1.60. The molecule has 1 aromatic carbocycles. The average Bonchev–Trinajstić information content (AvgIpc) is 3.06. The number of hydrogen-bond acceptors (Lipinski definition) is 3. The number of fused-ring (bicyclic) bond motifs is 1. The van der Waals surface area contributed by atoms with Gasteiger partial charge in [0.05, 0.1) is 4.88 Å². The zero-order valence-electron chi connectivity index (χ0n) is 10.8. The third-order valence-electron chi connectivity index (χ3n) is 3.30. The highest BCUT2D eigenvalue weighted by atomic mass is 32.1. The molecule has 2 N–H and O–H groups in total. The predicted molar refractivity (Wildman–Crippen MR) is 77.7 cm³/mol. The second kappa shape index (κ2) is 5.46. The Hall–Kier alpha value is -2.14. The van der Waals surface area contributed by atoms with Crippen molar-refractivity contribution in [1.29, 1.82) is 0 Å². The van der Waals surface area contributed by atoms with Gasteiger partial charge >= 0.3 is 0 Å². The van der Waals surface area contributed by atoms with Crippen molar-refractivity contribution in [2.75, 3.05) is 0 Å². The van der Waals surface area contributed by atoms with Crippen LogP contribution in [0.5, 0.6) is 0 Å². The number of hydrogen-bond donors (Lipinski definition) is 2. The van der Waals surface area contributed by atoms with Crippen LogP contribution in [0.4, 0.5) is 0 Å². The Morgan fingerprint density at radius 2 is 1.75 bits per heavy atom. The van der Waals surface area contributed by atoms with Crippen LogP contribution in [0.1, 0.15) is 36.9 Å². The summed E-state index contributed by atoms with van der Waals surface area (Å²) in [5.74, 6) is -0.572. The fourth-order valence-corrected chi connectivity index (χ4v) is 3.43. The number of carbonyl (C=O) groups is 2. The Labute approximate surface area is 120 Å². The van der Waals surface area contributed by atoms with Gasteiger partial charge in [-0.1, -0.05) is 18.2 Å². The first kappa shape index (κ1) is 12.9. The fraction of sp³-hybridized carbons (Fsp3) is 0.200. The van der Waals surface area contributed by atoms with Crippen molar-refractivity contribution >= 4 is 23.2 Å². The van der Waals surface area contributed by atoms with E-state index in [-0.39, 0.29) is 11.8 Å². The van der Waals surface area contributed by atoms with Gasteiger partial charge in [0.2, 0.25) is 0 Å². The van der Waals surface area contributed by atoms with Crippen LogP contribution in [-0.2, 0) is 12.8 Å². The van der Waals surface area contributed by atoms with Crippen LogP contribution in [0.3, 0.4) is 0 Å². The van der Waals surface area contributed by atoms with Crippen molar-refractivity contribution in [3.8, 4) is 0 Å². The lowest BCUT2D eigenvalue weighted by Gasteiger charge is -2.06. The second-order valence-electron chi connectivity index (χ2n) is 4.69. The normalized spacial score (nSPS) is 12.8. The van der Waals surface area contributed by atoms with E-state index in [1.807, 2.05) is 12.1 Å². The minimum atomic E-state index is -0.317. The first-order chi connectivity index (χ1) is 9.74. The van der Waals surface area contributed by atoms with Crippen LogP contribution in [0.2, 0.25) is 0 Å². The van der Waals surface area contributed by atoms with Gasteiger partial charge in [-0.2, -0.15) is 0 Å². The molecule has 1 aliphatic rings. The lowest BCUT2D eigenvalue weighted by atomic mass is 10.2. The maximum Gasteiger partial charge on any atom is 0.279 e. The van der Waals surface area contributed by atoms with E-state index >= 15 is 0 Å². The number of amides is 2. The molecular weight excluding hydrogens is 272 g/mol. The summed E-state index contributed by atoms with van der Waals surface area (Å²) < 4.78 is 0. The number of aryl methyl sites for hydroxylation is 2. The van der Waals surface area contributed by atoms with E-state index in [1.165, 1.54) is 28.2 Å². The van der Waals surface area contributed by atoms with E-state index < -0.39 is 0 Å². The molecule has 20 heavy (non-hydrogen) atoms. The zero-order chi connectivity index (χ0) is 13.9. The lowest BCUT2D eigenvalue weighted by molar-refractivity contribution is 0.0849. The van der Waals surface area contributed by atoms with Gasteiger partial charge in [-0.25, -0.2) is 0 Å². The van der Waals surface area contributed by atoms with E-state index in [9.17, 15) is 9.59 Å². The second-order valence-corrected chi connectivity index (χ2v) is 5.82. The van der Waals surface area contributed by atoms with Gasteiger partial charge in [-0.05, 0) is 43.0 Å². The van der Waals surface area contributed by atoms with Gasteiger partial charge in [0.1, 0.15) is 0 Å². The summed E-state index contributed by atoms with van der Waals surface area (Å²) in [6, 6.07) is 10.7. The van der Waals surface area contributed by atoms with E-state index in [0.29, 0.717) is 10.4 Å². The third-order valence-corrected chi connectivity index (χ3v) is 4.53. The summed E-state index contributed by atoms with van der Waals surface area (Å²) in [4.78, 5) is 25.7. The summed E-state index contributed by atoms with van der Waals surface area (Å²) in [6.07, 6.45) is 3.28. The van der Waals surface area contributed by atoms with Gasteiger partial charge in [0.25, 0.3) is 11.8 Å². The lowest BCUT2D eigenvalue weighted by Crippen LogP contribution is -2.41. The van der Waals surface area contributed by atoms with E-state index in [0.717, 1.165) is 12.8 Å². The molecule has 3 rings (SSSR count). The van der Waals surface area contributed by atoms with Crippen molar-refractivity contribution < 1.29 is 9.59 Å². The molecule has 5 heteroatoms. The van der Waals surface area contributed by atoms with Crippen LogP contribution < -0.4 is 10.9 Å². The summed E-state index contributed by atoms with van der Waals surface area (Å²) in [7, 11) is 0. The first-order valence-corrected chi connectivity index (χ1v) is 7.33. The third kappa shape index (κ3) is 2.58. The monoisotopic (exact) mass is 286 g/mol. The van der Waals surface area contributed by atoms with E-state index in [2.05, 4.69) is 10.9 Å². The maximum atomic E-state index is 12.0. The molecule has 1 aliphatic carbocycles. The molecule has 0 atom stereocenters. The molecule has 2 aromatic rings. The molecule has 102 valence electrons. The molecule has 0 spiro atoms. The Kier molecular flexibility index (Phi) is 3.52. The molecule has 4 nitrogen and oxygen atoms in total. The van der Waals surface area contributed by atoms with Gasteiger partial charge in [0, 0.05) is 10.4 Å². The molecule has 0 saturated heterocycles. The molecule has 1 aromatic heterocycles. The van der Waals surface area contributed by atoms with Crippen molar-refractivity contribution in [2.24, 2.45) is 0 Å². The summed E-state index contributed by atoms with van der Waals surface area (Å²) in [5, 5.41) is 0. The van der Waals surface area contributed by atoms with Crippen molar-refractivity contribution in [2.45, 2.75) is 19.3 Å². The Morgan fingerprint density at radius 1 is 1.00 bits per heavy atom. The summed E-state index contributed by atoms with van der Waals surface area (Å²) in [6.45, 7) is 0. The molecule has 0 bridgehead atoms. The molecular formula is C15H14N2O2S. The topological polar surface area (TPSA) is 58.2 Å². The molecule has 0 unspecified atom stereocenters. The van der Waals surface area contributed by atoms with Gasteiger partial charge < -0.3 is 0 Å². The number of thiophene rings is 1. The van der Waals surface area contributed by atoms with Crippen molar-refractivity contribution in [3.05, 3.63) is 57.3 Å². The first-order valence-electron chi connectivity index (χ1n) is 6.51. The largest absolute Gasteiger partial charge is 0.279 e. The highest BCUT2D eigenvalue weighted by molar-refractivity contribution is 7.14. The molecule has 0 saturated carbocycles. The SMILES string of the molecule is O=C(NNC(=O)c1cc2c(s1)CCC2)c1ccccc1. The predicted octanol–water partition coefficient (Wildman–Crippen LogP) is 2.31. The van der Waals surface area contributed by atoms with Crippen LogP contribution in [0.15, 0.2) is 36.4 Å². The highest BCUT2D eigenvalue weighted by Crippen LogP contribution is 2.30. The van der Waals surface area contributed by atoms with Gasteiger partial charge in [-0.3, -0.25) is 20.4 Å². The quantitative estimate of drug-likeness (QED) is 0.832. The van der Waals surface area contributed by atoms with Crippen molar-refractivity contribution in [1.82, 2.24) is 10.9 Å². The van der Waals surface area contributed by atoms with Crippen LogP contribution in [0, 0.1) is 0 Å². The van der Waals surface area contributed by atoms with E-state index in [1.54, 1.807) is 24.3 Å². The number of carbonyl (C=O) groups excluding carboxylic acids is 2. The Bertz CT molecular complexity index is 628. The minimum absolute atomic E-state index is 0.256. The molecule has 0 radical (unpaired) electrons. The number of benzene rings is 1. The summed E-state index contributed by atoms with van der Waals surface area (Å²) in [5.41, 5.74) is 6.68. The smallest absolute Gasteiger partial charge is 0.267 e. The average molecular weight is 286 g/mol. The maximum absolute atomic E-state index is 12.0. The number of hydrazine groups is 1.